The first kappa shape index (κ1) is 11.4. The van der Waals surface area contributed by atoms with Gasteiger partial charge in [0.25, 0.3) is 0 Å². The molecule has 88 valence electrons. The van der Waals surface area contributed by atoms with Crippen molar-refractivity contribution in [2.75, 3.05) is 20.8 Å². The fourth-order valence-electron chi connectivity index (χ4n) is 3.46. The van der Waals surface area contributed by atoms with Gasteiger partial charge in [-0.15, -0.1) is 0 Å². The molecule has 0 heterocycles. The number of rotatable bonds is 6. The first-order valence-electron chi connectivity index (χ1n) is 6.34. The van der Waals surface area contributed by atoms with Gasteiger partial charge in [-0.25, -0.2) is 0 Å². The van der Waals surface area contributed by atoms with E-state index in [0.717, 1.165) is 12.5 Å². The van der Waals surface area contributed by atoms with E-state index in [4.69, 9.17) is 9.47 Å². The molecular formula is C13H24O2. The number of hydrogen-bond donors (Lipinski definition) is 0. The van der Waals surface area contributed by atoms with Crippen molar-refractivity contribution < 1.29 is 9.47 Å². The molecule has 0 aromatic rings. The zero-order valence-corrected chi connectivity index (χ0v) is 10.1. The minimum Gasteiger partial charge on any atom is -0.385 e. The zero-order chi connectivity index (χ0) is 10.7. The summed E-state index contributed by atoms with van der Waals surface area (Å²) in [6.07, 6.45) is 10.1. The minimum atomic E-state index is 0.563. The molecule has 0 aromatic heterocycles. The molecule has 0 spiro atoms. The Hall–Kier alpha value is -0.0800. The third kappa shape index (κ3) is 2.07. The molecule has 0 saturated heterocycles. The molecule has 2 nitrogen and oxygen atoms in total. The Labute approximate surface area is 93.3 Å². The average molecular weight is 212 g/mol. The molecule has 2 atom stereocenters. The van der Waals surface area contributed by atoms with Crippen LogP contribution < -0.4 is 0 Å². The van der Waals surface area contributed by atoms with Crippen molar-refractivity contribution in [2.24, 2.45) is 11.3 Å². The molecular weight excluding hydrogens is 188 g/mol. The molecule has 2 fully saturated rings. The lowest BCUT2D eigenvalue weighted by molar-refractivity contribution is -0.117. The second-order valence-electron chi connectivity index (χ2n) is 5.27. The van der Waals surface area contributed by atoms with E-state index in [9.17, 15) is 0 Å². The molecule has 2 saturated carbocycles. The van der Waals surface area contributed by atoms with E-state index in [1.165, 1.54) is 44.9 Å². The van der Waals surface area contributed by atoms with Crippen LogP contribution in [0.1, 0.15) is 44.9 Å². The molecule has 2 aliphatic rings. The Morgan fingerprint density at radius 3 is 2.40 bits per heavy atom. The number of hydrogen-bond acceptors (Lipinski definition) is 2. The Balaban J connectivity index is 1.84. The fraction of sp³-hybridized carbons (Fsp3) is 1.00. The molecule has 0 N–H and O–H groups in total. The summed E-state index contributed by atoms with van der Waals surface area (Å²) in [4.78, 5) is 0. The van der Waals surface area contributed by atoms with Crippen molar-refractivity contribution in [2.45, 2.75) is 51.0 Å². The standard InChI is InChI=1S/C13H24O2/c1-14-10-4-9-13(7-3-8-13)11-5-6-12(11)15-2/h11-12H,3-10H2,1-2H3. The SMILES string of the molecule is COCCCC1(C2CCC2OC)CCC1. The third-order valence-corrected chi connectivity index (χ3v) is 4.67. The summed E-state index contributed by atoms with van der Waals surface area (Å²) >= 11 is 0. The molecule has 0 aromatic carbocycles. The lowest BCUT2D eigenvalue weighted by Crippen LogP contribution is -2.49. The monoisotopic (exact) mass is 212 g/mol. The van der Waals surface area contributed by atoms with E-state index in [2.05, 4.69) is 0 Å². The number of ether oxygens (including phenoxy) is 2. The van der Waals surface area contributed by atoms with Crippen molar-refractivity contribution in [3.63, 3.8) is 0 Å². The Bertz CT molecular complexity index is 197. The van der Waals surface area contributed by atoms with E-state index in [-0.39, 0.29) is 0 Å². The van der Waals surface area contributed by atoms with Gasteiger partial charge in [0.15, 0.2) is 0 Å². The second-order valence-corrected chi connectivity index (χ2v) is 5.27. The van der Waals surface area contributed by atoms with Crippen LogP contribution in [0.3, 0.4) is 0 Å². The lowest BCUT2D eigenvalue weighted by Gasteiger charge is -2.55. The molecule has 2 aliphatic carbocycles. The molecule has 0 amide bonds. The Morgan fingerprint density at radius 2 is 2.00 bits per heavy atom. The maximum atomic E-state index is 5.56. The Morgan fingerprint density at radius 1 is 1.20 bits per heavy atom. The van der Waals surface area contributed by atoms with Crippen LogP contribution in [-0.2, 0) is 9.47 Å². The van der Waals surface area contributed by atoms with E-state index in [1.807, 2.05) is 7.11 Å². The van der Waals surface area contributed by atoms with Crippen molar-refractivity contribution >= 4 is 0 Å². The summed E-state index contributed by atoms with van der Waals surface area (Å²) < 4.78 is 10.7. The quantitative estimate of drug-likeness (QED) is 0.630. The summed E-state index contributed by atoms with van der Waals surface area (Å²) in [5.41, 5.74) is 0.636. The average Bonchev–Trinajstić information content (AvgIpc) is 2.13. The molecule has 2 heteroatoms. The van der Waals surface area contributed by atoms with Crippen LogP contribution in [0.2, 0.25) is 0 Å². The summed E-state index contributed by atoms with van der Waals surface area (Å²) in [7, 11) is 3.67. The van der Waals surface area contributed by atoms with Gasteiger partial charge in [0.05, 0.1) is 6.10 Å². The lowest BCUT2D eigenvalue weighted by atomic mass is 9.52. The van der Waals surface area contributed by atoms with Gasteiger partial charge in [0.2, 0.25) is 0 Å². The van der Waals surface area contributed by atoms with Gasteiger partial charge in [0, 0.05) is 20.8 Å². The molecule has 0 bridgehead atoms. The van der Waals surface area contributed by atoms with E-state index < -0.39 is 0 Å². The highest BCUT2D eigenvalue weighted by molar-refractivity contribution is 5.00. The molecule has 2 rings (SSSR count). The molecule has 0 radical (unpaired) electrons. The molecule has 2 unspecified atom stereocenters. The van der Waals surface area contributed by atoms with Crippen LogP contribution >= 0.6 is 0 Å². The Kier molecular flexibility index (Phi) is 3.68. The molecule has 0 aliphatic heterocycles. The highest BCUT2D eigenvalue weighted by Crippen LogP contribution is 2.57. The van der Waals surface area contributed by atoms with Crippen LogP contribution in [0.25, 0.3) is 0 Å². The summed E-state index contributed by atoms with van der Waals surface area (Å²) in [6, 6.07) is 0. The van der Waals surface area contributed by atoms with E-state index in [0.29, 0.717) is 11.5 Å². The van der Waals surface area contributed by atoms with Gasteiger partial charge in [-0.3, -0.25) is 0 Å². The van der Waals surface area contributed by atoms with Crippen LogP contribution in [0.5, 0.6) is 0 Å². The highest BCUT2D eigenvalue weighted by atomic mass is 16.5. The van der Waals surface area contributed by atoms with Crippen molar-refractivity contribution in [3.05, 3.63) is 0 Å². The normalized spacial score (nSPS) is 33.2. The predicted molar refractivity (Wildman–Crippen MR) is 60.9 cm³/mol. The minimum absolute atomic E-state index is 0.563. The van der Waals surface area contributed by atoms with Gasteiger partial charge >= 0.3 is 0 Å². The van der Waals surface area contributed by atoms with Gasteiger partial charge in [0.1, 0.15) is 0 Å². The van der Waals surface area contributed by atoms with E-state index in [1.54, 1.807) is 7.11 Å². The predicted octanol–water partition coefficient (Wildman–Crippen LogP) is 3.01. The first-order valence-corrected chi connectivity index (χ1v) is 6.34. The van der Waals surface area contributed by atoms with Crippen molar-refractivity contribution in [1.82, 2.24) is 0 Å². The smallest absolute Gasteiger partial charge is 0.0604 e. The summed E-state index contributed by atoms with van der Waals surface area (Å²) in [5, 5.41) is 0. The largest absolute Gasteiger partial charge is 0.385 e. The van der Waals surface area contributed by atoms with Crippen LogP contribution in [0.15, 0.2) is 0 Å². The van der Waals surface area contributed by atoms with Crippen LogP contribution in [0, 0.1) is 11.3 Å². The van der Waals surface area contributed by atoms with Crippen molar-refractivity contribution in [3.8, 4) is 0 Å². The van der Waals surface area contributed by atoms with Gasteiger partial charge < -0.3 is 9.47 Å². The maximum absolute atomic E-state index is 5.56. The first-order chi connectivity index (χ1) is 7.32. The van der Waals surface area contributed by atoms with Gasteiger partial charge in [-0.2, -0.15) is 0 Å². The van der Waals surface area contributed by atoms with Gasteiger partial charge in [-0.05, 0) is 49.9 Å². The summed E-state index contributed by atoms with van der Waals surface area (Å²) in [5.74, 6) is 0.855. The maximum Gasteiger partial charge on any atom is 0.0604 e. The number of methoxy groups -OCH3 is 2. The van der Waals surface area contributed by atoms with Crippen molar-refractivity contribution in [1.29, 1.82) is 0 Å². The zero-order valence-electron chi connectivity index (χ0n) is 10.1. The third-order valence-electron chi connectivity index (χ3n) is 4.67. The van der Waals surface area contributed by atoms with Crippen LogP contribution in [0.4, 0.5) is 0 Å². The molecule has 15 heavy (non-hydrogen) atoms. The summed E-state index contributed by atoms with van der Waals surface area (Å²) in [6.45, 7) is 0.923. The highest BCUT2D eigenvalue weighted by Gasteiger charge is 2.50. The van der Waals surface area contributed by atoms with Crippen LogP contribution in [-0.4, -0.2) is 26.9 Å². The van der Waals surface area contributed by atoms with E-state index >= 15 is 0 Å². The topological polar surface area (TPSA) is 18.5 Å². The second kappa shape index (κ2) is 4.84. The fourth-order valence-corrected chi connectivity index (χ4v) is 3.46. The van der Waals surface area contributed by atoms with Gasteiger partial charge in [-0.1, -0.05) is 6.42 Å².